The van der Waals surface area contributed by atoms with Crippen LogP contribution in [0.1, 0.15) is 24.4 Å². The number of aromatic nitrogens is 4. The van der Waals surface area contributed by atoms with E-state index in [-0.39, 0.29) is 23.0 Å². The van der Waals surface area contributed by atoms with E-state index in [0.717, 1.165) is 0 Å². The van der Waals surface area contributed by atoms with E-state index < -0.39 is 0 Å². The van der Waals surface area contributed by atoms with Gasteiger partial charge < -0.3 is 10.1 Å². The van der Waals surface area contributed by atoms with Crippen LogP contribution in [0.4, 0.5) is 0 Å². The molecule has 0 saturated heterocycles. The smallest absolute Gasteiger partial charge is 0.262 e. The highest BCUT2D eigenvalue weighted by Gasteiger charge is 2.18. The number of aromatic amines is 1. The van der Waals surface area contributed by atoms with Crippen molar-refractivity contribution in [2.75, 3.05) is 6.61 Å². The molecule has 0 bridgehead atoms. The Labute approximate surface area is 170 Å². The molecule has 2 heterocycles. The Morgan fingerprint density at radius 1 is 1.03 bits per heavy atom. The van der Waals surface area contributed by atoms with Crippen molar-refractivity contribution in [1.29, 1.82) is 0 Å². The summed E-state index contributed by atoms with van der Waals surface area (Å²) in [5, 5.41) is 10.6. The van der Waals surface area contributed by atoms with Crippen LogP contribution < -0.4 is 11.1 Å². The topological polar surface area (TPSA) is 101 Å². The fraction of sp³-hybridized carbons (Fsp3) is 0.238. The first-order valence-corrected chi connectivity index (χ1v) is 10.2. The first-order chi connectivity index (χ1) is 14.1. The van der Waals surface area contributed by atoms with Gasteiger partial charge in [0.25, 0.3) is 11.1 Å². The number of benzene rings is 2. The van der Waals surface area contributed by atoms with E-state index in [1.165, 1.54) is 11.8 Å². The Bertz CT molecular complexity index is 1300. The summed E-state index contributed by atoms with van der Waals surface area (Å²) in [6.45, 7) is 2.26. The number of nitrogens with one attached hydrogen (secondary N) is 1. The second-order valence-corrected chi connectivity index (χ2v) is 7.98. The van der Waals surface area contributed by atoms with Crippen LogP contribution in [-0.2, 0) is 6.54 Å². The summed E-state index contributed by atoms with van der Waals surface area (Å²) in [6, 6.07) is 14.4. The minimum atomic E-state index is -0.235. The highest BCUT2D eigenvalue weighted by molar-refractivity contribution is 7.99. The summed E-state index contributed by atoms with van der Waals surface area (Å²) in [7, 11) is 0. The van der Waals surface area contributed by atoms with Gasteiger partial charge in [-0.3, -0.25) is 14.2 Å². The van der Waals surface area contributed by atoms with E-state index in [4.69, 9.17) is 0 Å². The van der Waals surface area contributed by atoms with Gasteiger partial charge in [0.2, 0.25) is 0 Å². The summed E-state index contributed by atoms with van der Waals surface area (Å²) >= 11 is 1.36. The van der Waals surface area contributed by atoms with E-state index in [1.54, 1.807) is 41.0 Å². The molecule has 0 amide bonds. The summed E-state index contributed by atoms with van der Waals surface area (Å²) in [5.74, 6) is 0.523. The van der Waals surface area contributed by atoms with Crippen molar-refractivity contribution in [3.8, 4) is 0 Å². The predicted molar refractivity (Wildman–Crippen MR) is 114 cm³/mol. The van der Waals surface area contributed by atoms with Crippen LogP contribution in [0.25, 0.3) is 21.8 Å². The molecule has 2 N–H and O–H groups in total. The molecule has 0 radical (unpaired) electrons. The van der Waals surface area contributed by atoms with Gasteiger partial charge in [-0.2, -0.15) is 0 Å². The predicted octanol–water partition coefficient (Wildman–Crippen LogP) is 2.87. The van der Waals surface area contributed by atoms with Gasteiger partial charge in [0.1, 0.15) is 5.82 Å². The Kier molecular flexibility index (Phi) is 5.46. The van der Waals surface area contributed by atoms with E-state index in [2.05, 4.69) is 15.0 Å². The minimum absolute atomic E-state index is 0.0154. The standard InChI is InChI=1S/C21H20N4O3S/c1-13(18-22-16-9-4-2-7-14(16)19(27)24-18)29-21-23-17-10-5-3-8-15(17)20(28)25(21)11-6-12-26/h2-5,7-10,13,26H,6,11-12H2,1H3,(H,22,24,27)/t13-/m0/s1. The van der Waals surface area contributed by atoms with Crippen molar-refractivity contribution >= 4 is 33.6 Å². The van der Waals surface area contributed by atoms with Gasteiger partial charge in [-0.1, -0.05) is 36.0 Å². The third kappa shape index (κ3) is 3.81. The van der Waals surface area contributed by atoms with Crippen LogP contribution in [0.5, 0.6) is 0 Å². The molecule has 4 rings (SSSR count). The largest absolute Gasteiger partial charge is 0.396 e. The van der Waals surface area contributed by atoms with Crippen LogP contribution in [0.3, 0.4) is 0 Å². The number of aliphatic hydroxyl groups excluding tert-OH is 1. The highest BCUT2D eigenvalue weighted by Crippen LogP contribution is 2.32. The number of hydrogen-bond acceptors (Lipinski definition) is 6. The number of hydrogen-bond donors (Lipinski definition) is 2. The van der Waals surface area contributed by atoms with E-state index >= 15 is 0 Å². The number of aliphatic hydroxyl groups is 1. The number of fused-ring (bicyclic) bond motifs is 2. The van der Waals surface area contributed by atoms with Crippen LogP contribution in [0.15, 0.2) is 63.3 Å². The fourth-order valence-corrected chi connectivity index (χ4v) is 4.17. The molecular weight excluding hydrogens is 388 g/mol. The Morgan fingerprint density at radius 2 is 1.69 bits per heavy atom. The third-order valence-electron chi connectivity index (χ3n) is 4.66. The quantitative estimate of drug-likeness (QED) is 0.376. The molecule has 2 aromatic carbocycles. The molecule has 1 atom stereocenters. The average molecular weight is 408 g/mol. The van der Waals surface area contributed by atoms with Crippen molar-refractivity contribution in [3.05, 3.63) is 75.1 Å². The van der Waals surface area contributed by atoms with Gasteiger partial charge in [-0.25, -0.2) is 9.97 Å². The monoisotopic (exact) mass is 408 g/mol. The zero-order valence-electron chi connectivity index (χ0n) is 15.8. The van der Waals surface area contributed by atoms with Crippen molar-refractivity contribution in [2.24, 2.45) is 0 Å². The maximum Gasteiger partial charge on any atom is 0.262 e. The molecule has 4 aromatic rings. The summed E-state index contributed by atoms with van der Waals surface area (Å²) < 4.78 is 1.58. The Morgan fingerprint density at radius 3 is 2.41 bits per heavy atom. The van der Waals surface area contributed by atoms with Crippen LogP contribution in [0, 0.1) is 0 Å². The van der Waals surface area contributed by atoms with Gasteiger partial charge in [0, 0.05) is 13.2 Å². The van der Waals surface area contributed by atoms with Crippen molar-refractivity contribution in [2.45, 2.75) is 30.3 Å². The lowest BCUT2D eigenvalue weighted by Crippen LogP contribution is -2.24. The van der Waals surface area contributed by atoms with Crippen LogP contribution in [0.2, 0.25) is 0 Å². The van der Waals surface area contributed by atoms with E-state index in [0.29, 0.717) is 45.8 Å². The van der Waals surface area contributed by atoms with Gasteiger partial charge >= 0.3 is 0 Å². The molecule has 148 valence electrons. The molecule has 0 unspecified atom stereocenters. The maximum absolute atomic E-state index is 13.0. The number of rotatable bonds is 6. The number of thioether (sulfide) groups is 1. The molecule has 29 heavy (non-hydrogen) atoms. The molecule has 7 nitrogen and oxygen atoms in total. The zero-order chi connectivity index (χ0) is 20.4. The molecule has 0 aliphatic carbocycles. The maximum atomic E-state index is 13.0. The Balaban J connectivity index is 1.76. The second-order valence-electron chi connectivity index (χ2n) is 6.67. The zero-order valence-corrected chi connectivity index (χ0v) is 16.6. The number of nitrogens with zero attached hydrogens (tertiary/aromatic N) is 3. The van der Waals surface area contributed by atoms with Crippen molar-refractivity contribution < 1.29 is 5.11 Å². The van der Waals surface area contributed by atoms with E-state index in [9.17, 15) is 14.7 Å². The lowest BCUT2D eigenvalue weighted by atomic mass is 10.2. The van der Waals surface area contributed by atoms with Crippen molar-refractivity contribution in [1.82, 2.24) is 19.5 Å². The lowest BCUT2D eigenvalue weighted by Gasteiger charge is -2.16. The molecule has 8 heteroatoms. The van der Waals surface area contributed by atoms with E-state index in [1.807, 2.05) is 19.1 Å². The highest BCUT2D eigenvalue weighted by atomic mass is 32.2. The lowest BCUT2D eigenvalue weighted by molar-refractivity contribution is 0.276. The summed E-state index contributed by atoms with van der Waals surface area (Å²) in [4.78, 5) is 37.4. The second kappa shape index (κ2) is 8.18. The first kappa shape index (κ1) is 19.4. The molecule has 0 aliphatic rings. The summed E-state index contributed by atoms with van der Waals surface area (Å²) in [5.41, 5.74) is 0.913. The normalized spacial score (nSPS) is 12.5. The number of H-pyrrole nitrogens is 1. The molecule has 0 saturated carbocycles. The van der Waals surface area contributed by atoms with Gasteiger partial charge in [0.15, 0.2) is 5.16 Å². The minimum Gasteiger partial charge on any atom is -0.396 e. The van der Waals surface area contributed by atoms with Gasteiger partial charge in [-0.15, -0.1) is 0 Å². The van der Waals surface area contributed by atoms with Crippen LogP contribution >= 0.6 is 11.8 Å². The third-order valence-corrected chi connectivity index (χ3v) is 5.76. The fourth-order valence-electron chi connectivity index (χ4n) is 3.17. The molecule has 2 aromatic heterocycles. The van der Waals surface area contributed by atoms with Gasteiger partial charge in [-0.05, 0) is 37.6 Å². The van der Waals surface area contributed by atoms with Crippen LogP contribution in [-0.4, -0.2) is 31.2 Å². The SMILES string of the molecule is C[C@H](Sc1nc2ccccc2c(=O)n1CCCO)c1nc2ccccc2c(=O)[nH]1. The molecular formula is C21H20N4O3S. The van der Waals surface area contributed by atoms with Gasteiger partial charge in [0.05, 0.1) is 27.1 Å². The average Bonchev–Trinajstić information content (AvgIpc) is 2.73. The first-order valence-electron chi connectivity index (χ1n) is 9.34. The Hall–Kier alpha value is -2.97. The molecule has 0 fully saturated rings. The summed E-state index contributed by atoms with van der Waals surface area (Å²) in [6.07, 6.45) is 0.451. The molecule has 0 aliphatic heterocycles. The molecule has 0 spiro atoms. The number of para-hydroxylation sites is 2. The van der Waals surface area contributed by atoms with Crippen molar-refractivity contribution in [3.63, 3.8) is 0 Å².